The van der Waals surface area contributed by atoms with Crippen molar-refractivity contribution in [2.45, 2.75) is 104 Å². The maximum Gasteiger partial charge on any atom is 0.331 e. The standard InChI is InChI=1S/C40H52O8/c1-24-16-15-19-36(5,6)29(24)17-13-11-9-10-12-14-18-32(43)47-35-26(3)39(46)30(33-37(7,8)40(33,35)48-27(4)42)21-28(23-41)22-38(45)31(39)20-25(2)34(38)44/h9-14,17-18,20-21,25-26,30,33,35,41,45-46H,15-16,19,22-23H2,1-8H3/t25?,26-,30+,33-,35-,38-,39-,40-/m1/s1. The third kappa shape index (κ3) is 5.54. The molecule has 3 N–H and O–H groups in total. The molecule has 2 saturated carbocycles. The van der Waals surface area contributed by atoms with Crippen LogP contribution in [0.4, 0.5) is 0 Å². The van der Waals surface area contributed by atoms with Crippen molar-refractivity contribution < 1.29 is 39.2 Å². The fourth-order valence-corrected chi connectivity index (χ4v) is 9.63. The number of ketones is 1. The number of hydrogen-bond donors (Lipinski definition) is 3. The average Bonchev–Trinajstić information content (AvgIpc) is 3.42. The Balaban J connectivity index is 1.40. The van der Waals surface area contributed by atoms with Crippen molar-refractivity contribution in [3.05, 3.63) is 83.1 Å². The van der Waals surface area contributed by atoms with Gasteiger partial charge in [-0.1, -0.05) is 102 Å². The minimum absolute atomic E-state index is 0.155. The Morgan fingerprint density at radius 2 is 1.65 bits per heavy atom. The van der Waals surface area contributed by atoms with Crippen LogP contribution in [0.3, 0.4) is 0 Å². The molecule has 8 atom stereocenters. The monoisotopic (exact) mass is 660 g/mol. The molecule has 5 aliphatic carbocycles. The van der Waals surface area contributed by atoms with Gasteiger partial charge in [0.25, 0.3) is 0 Å². The van der Waals surface area contributed by atoms with E-state index in [2.05, 4.69) is 26.8 Å². The fourth-order valence-electron chi connectivity index (χ4n) is 9.63. The van der Waals surface area contributed by atoms with E-state index in [4.69, 9.17) is 9.47 Å². The number of rotatable bonds is 8. The molecular formula is C40H52O8. The molecule has 5 rings (SSSR count). The van der Waals surface area contributed by atoms with Gasteiger partial charge in [0.1, 0.15) is 11.7 Å². The fraction of sp³-hybridized carbons (Fsp3) is 0.575. The first-order valence-corrected chi connectivity index (χ1v) is 17.2. The molecule has 0 heterocycles. The summed E-state index contributed by atoms with van der Waals surface area (Å²) in [5.41, 5.74) is -2.33. The normalized spacial score (nSPS) is 38.5. The summed E-state index contributed by atoms with van der Waals surface area (Å²) in [5, 5.41) is 34.8. The van der Waals surface area contributed by atoms with Gasteiger partial charge in [0.05, 0.1) is 6.61 Å². The largest absolute Gasteiger partial charge is 0.454 e. The minimum atomic E-state index is -2.02. The van der Waals surface area contributed by atoms with E-state index in [1.54, 1.807) is 44.2 Å². The minimum Gasteiger partial charge on any atom is -0.454 e. The van der Waals surface area contributed by atoms with Crippen molar-refractivity contribution in [3.8, 4) is 0 Å². The number of ether oxygens (including phenoxy) is 2. The van der Waals surface area contributed by atoms with E-state index in [-0.39, 0.29) is 17.4 Å². The van der Waals surface area contributed by atoms with Gasteiger partial charge in [-0.15, -0.1) is 0 Å². The zero-order valence-corrected chi connectivity index (χ0v) is 29.6. The maximum atomic E-state index is 13.3. The first-order valence-electron chi connectivity index (χ1n) is 17.2. The molecule has 0 aromatic rings. The third-order valence-electron chi connectivity index (χ3n) is 12.0. The second-order valence-corrected chi connectivity index (χ2v) is 15.8. The Bertz CT molecular complexity index is 1580. The molecular weight excluding hydrogens is 608 g/mol. The lowest BCUT2D eigenvalue weighted by atomic mass is 9.61. The van der Waals surface area contributed by atoms with Crippen LogP contribution in [-0.2, 0) is 23.9 Å². The summed E-state index contributed by atoms with van der Waals surface area (Å²) in [5.74, 6) is -4.53. The number of Topliss-reactive ketones (excluding diaryl/α,β-unsaturated/α-hetero) is 1. The van der Waals surface area contributed by atoms with Crippen LogP contribution in [0.25, 0.3) is 0 Å². The lowest BCUT2D eigenvalue weighted by molar-refractivity contribution is -0.204. The van der Waals surface area contributed by atoms with Crippen molar-refractivity contribution in [1.29, 1.82) is 0 Å². The van der Waals surface area contributed by atoms with Crippen LogP contribution in [0.1, 0.15) is 81.1 Å². The summed E-state index contributed by atoms with van der Waals surface area (Å²) in [6, 6.07) is 0. The van der Waals surface area contributed by atoms with Gasteiger partial charge in [0, 0.05) is 48.5 Å². The van der Waals surface area contributed by atoms with E-state index in [9.17, 15) is 29.7 Å². The average molecular weight is 661 g/mol. The highest BCUT2D eigenvalue weighted by atomic mass is 16.6. The SMILES string of the molecule is CC(=O)O[C@@]12[C@H](OC(=O)C=CC=CC=CC=CC3=C(C)CCCC3(C)C)[C@@H](C)[C@]3(O)C4=CC(C)C(=O)[C@@]4(O)CC(CO)=C[C@H]3[C@@H]1C2(C)C. The number of esters is 2. The third-order valence-corrected chi connectivity index (χ3v) is 12.0. The molecule has 0 saturated heterocycles. The van der Waals surface area contributed by atoms with E-state index in [0.717, 1.165) is 6.42 Å². The van der Waals surface area contributed by atoms with E-state index < -0.39 is 76.3 Å². The molecule has 0 bridgehead atoms. The summed E-state index contributed by atoms with van der Waals surface area (Å²) in [6.45, 7) is 14.8. The summed E-state index contributed by atoms with van der Waals surface area (Å²) >= 11 is 0. The van der Waals surface area contributed by atoms with Crippen LogP contribution in [0.5, 0.6) is 0 Å². The van der Waals surface area contributed by atoms with Crippen molar-refractivity contribution in [1.82, 2.24) is 0 Å². The van der Waals surface area contributed by atoms with E-state index in [1.807, 2.05) is 32.1 Å². The molecule has 0 aromatic carbocycles. The molecule has 260 valence electrons. The zero-order valence-electron chi connectivity index (χ0n) is 29.6. The highest BCUT2D eigenvalue weighted by Gasteiger charge is 2.87. The number of hydrogen-bond acceptors (Lipinski definition) is 8. The summed E-state index contributed by atoms with van der Waals surface area (Å²) in [6.07, 6.45) is 20.0. The number of allylic oxidation sites excluding steroid dienone is 10. The Kier molecular flexibility index (Phi) is 9.39. The first-order chi connectivity index (χ1) is 22.4. The second-order valence-electron chi connectivity index (χ2n) is 15.8. The molecule has 0 aromatic heterocycles. The molecule has 48 heavy (non-hydrogen) atoms. The zero-order chi connectivity index (χ0) is 35.4. The van der Waals surface area contributed by atoms with Crippen LogP contribution >= 0.6 is 0 Å². The number of aliphatic hydroxyl groups excluding tert-OH is 1. The van der Waals surface area contributed by atoms with E-state index >= 15 is 0 Å². The quantitative estimate of drug-likeness (QED) is 0.129. The molecule has 0 amide bonds. The number of carbonyl (C=O) groups excluding carboxylic acids is 3. The van der Waals surface area contributed by atoms with Gasteiger partial charge in [-0.2, -0.15) is 0 Å². The second kappa shape index (κ2) is 12.5. The van der Waals surface area contributed by atoms with E-state index in [0.29, 0.717) is 5.57 Å². The van der Waals surface area contributed by atoms with Gasteiger partial charge in [0.2, 0.25) is 0 Å². The van der Waals surface area contributed by atoms with Gasteiger partial charge in [-0.25, -0.2) is 4.79 Å². The molecule has 2 fully saturated rings. The van der Waals surface area contributed by atoms with Crippen molar-refractivity contribution in [2.75, 3.05) is 6.61 Å². The predicted octanol–water partition coefficient (Wildman–Crippen LogP) is 5.80. The Morgan fingerprint density at radius 3 is 2.27 bits per heavy atom. The molecule has 8 nitrogen and oxygen atoms in total. The van der Waals surface area contributed by atoms with Gasteiger partial charge >= 0.3 is 11.9 Å². The lowest BCUT2D eigenvalue weighted by Gasteiger charge is -2.51. The van der Waals surface area contributed by atoms with Crippen molar-refractivity contribution >= 4 is 17.7 Å². The molecule has 0 spiro atoms. The predicted molar refractivity (Wildman–Crippen MR) is 183 cm³/mol. The van der Waals surface area contributed by atoms with Crippen LogP contribution < -0.4 is 0 Å². The van der Waals surface area contributed by atoms with Crippen LogP contribution in [-0.4, -0.2) is 62.6 Å². The number of carbonyl (C=O) groups is 3. The van der Waals surface area contributed by atoms with Crippen LogP contribution in [0, 0.1) is 34.5 Å². The van der Waals surface area contributed by atoms with Crippen LogP contribution in [0.15, 0.2) is 83.1 Å². The van der Waals surface area contributed by atoms with Gasteiger partial charge in [-0.3, -0.25) is 9.59 Å². The number of fused-ring (bicyclic) bond motifs is 5. The lowest BCUT2D eigenvalue weighted by Crippen LogP contribution is -2.63. The summed E-state index contributed by atoms with van der Waals surface area (Å²) in [7, 11) is 0. The van der Waals surface area contributed by atoms with Gasteiger partial charge in [0.15, 0.2) is 17.0 Å². The Labute approximate surface area is 284 Å². The summed E-state index contributed by atoms with van der Waals surface area (Å²) < 4.78 is 12.1. The topological polar surface area (TPSA) is 130 Å². The maximum absolute atomic E-state index is 13.3. The molecule has 8 heteroatoms. The number of aliphatic hydroxyl groups is 3. The highest BCUT2D eigenvalue weighted by molar-refractivity contribution is 5.98. The van der Waals surface area contributed by atoms with Gasteiger partial charge in [-0.05, 0) is 48.3 Å². The Hall–Kier alpha value is -3.33. The molecule has 0 aliphatic heterocycles. The van der Waals surface area contributed by atoms with Crippen molar-refractivity contribution in [2.24, 2.45) is 34.5 Å². The Morgan fingerprint density at radius 1 is 1.00 bits per heavy atom. The van der Waals surface area contributed by atoms with Crippen LogP contribution in [0.2, 0.25) is 0 Å². The molecule has 5 aliphatic rings. The molecule has 1 unspecified atom stereocenters. The molecule has 0 radical (unpaired) electrons. The highest BCUT2D eigenvalue weighted by Crippen LogP contribution is 2.77. The first kappa shape index (κ1) is 36.0. The smallest absolute Gasteiger partial charge is 0.331 e. The summed E-state index contributed by atoms with van der Waals surface area (Å²) in [4.78, 5) is 39.2. The van der Waals surface area contributed by atoms with Crippen molar-refractivity contribution in [3.63, 3.8) is 0 Å². The van der Waals surface area contributed by atoms with E-state index in [1.165, 1.54) is 37.0 Å². The van der Waals surface area contributed by atoms with Gasteiger partial charge < -0.3 is 24.8 Å².